The van der Waals surface area contributed by atoms with Gasteiger partial charge in [-0.2, -0.15) is 4.98 Å². The van der Waals surface area contributed by atoms with Gasteiger partial charge in [0.05, 0.1) is 18.9 Å². The highest BCUT2D eigenvalue weighted by molar-refractivity contribution is 5.50. The maximum Gasteiger partial charge on any atom is 0.222 e. The Morgan fingerprint density at radius 2 is 2.15 bits per heavy atom. The lowest BCUT2D eigenvalue weighted by Gasteiger charge is -2.27. The van der Waals surface area contributed by atoms with Crippen molar-refractivity contribution in [2.75, 3.05) is 57.0 Å². The molecule has 1 fully saturated rings. The number of aromatic nitrogens is 2. The molecule has 0 radical (unpaired) electrons. The van der Waals surface area contributed by atoms with Crippen LogP contribution in [0.5, 0.6) is 0 Å². The lowest BCUT2D eigenvalue weighted by molar-refractivity contribution is 0.0398. The summed E-state index contributed by atoms with van der Waals surface area (Å²) in [6.45, 7) is 7.31. The van der Waals surface area contributed by atoms with Crippen molar-refractivity contribution in [1.29, 1.82) is 0 Å². The standard InChI is InChI=1S/C13H22N6O/c14-13-17-11-9-15-2-1-10(11)12(18-13)16-3-4-19-5-7-20-8-6-19/h15H,1-9H2,(H3,14,16,17,18). The first-order valence-corrected chi connectivity index (χ1v) is 7.23. The Bertz CT molecular complexity index is 460. The van der Waals surface area contributed by atoms with Gasteiger partial charge in [0.2, 0.25) is 5.95 Å². The molecule has 0 amide bonds. The molecule has 1 aromatic heterocycles. The zero-order chi connectivity index (χ0) is 13.8. The van der Waals surface area contributed by atoms with Gasteiger partial charge < -0.3 is 21.1 Å². The van der Waals surface area contributed by atoms with Gasteiger partial charge in [0.15, 0.2) is 0 Å². The van der Waals surface area contributed by atoms with Crippen LogP contribution in [0.4, 0.5) is 11.8 Å². The van der Waals surface area contributed by atoms with Crippen LogP contribution in [0, 0.1) is 0 Å². The Morgan fingerprint density at radius 3 is 3.00 bits per heavy atom. The zero-order valence-corrected chi connectivity index (χ0v) is 11.7. The molecule has 3 heterocycles. The van der Waals surface area contributed by atoms with Gasteiger partial charge in [-0.1, -0.05) is 0 Å². The zero-order valence-electron chi connectivity index (χ0n) is 11.7. The minimum absolute atomic E-state index is 0.348. The van der Waals surface area contributed by atoms with Crippen LogP contribution in [-0.2, 0) is 17.7 Å². The number of morpholine rings is 1. The molecule has 0 bridgehead atoms. The van der Waals surface area contributed by atoms with E-state index in [1.807, 2.05) is 0 Å². The van der Waals surface area contributed by atoms with Gasteiger partial charge in [-0.15, -0.1) is 0 Å². The van der Waals surface area contributed by atoms with Gasteiger partial charge in [0, 0.05) is 38.3 Å². The van der Waals surface area contributed by atoms with Crippen molar-refractivity contribution >= 4 is 11.8 Å². The number of hydrogen-bond acceptors (Lipinski definition) is 7. The molecule has 0 aromatic carbocycles. The van der Waals surface area contributed by atoms with Crippen molar-refractivity contribution in [1.82, 2.24) is 20.2 Å². The van der Waals surface area contributed by atoms with Crippen LogP contribution in [0.2, 0.25) is 0 Å². The lowest BCUT2D eigenvalue weighted by Crippen LogP contribution is -2.39. The number of nitrogens with two attached hydrogens (primary N) is 1. The number of rotatable bonds is 4. The van der Waals surface area contributed by atoms with E-state index in [2.05, 4.69) is 25.5 Å². The SMILES string of the molecule is Nc1nc2c(c(NCCN3CCOCC3)n1)CCNC2. The van der Waals surface area contributed by atoms with Crippen LogP contribution in [0.3, 0.4) is 0 Å². The summed E-state index contributed by atoms with van der Waals surface area (Å²) in [6.07, 6.45) is 0.954. The molecule has 7 heteroatoms. The normalized spacial score (nSPS) is 19.6. The molecule has 1 saturated heterocycles. The number of ether oxygens (including phenoxy) is 1. The predicted molar refractivity (Wildman–Crippen MR) is 77.6 cm³/mol. The van der Waals surface area contributed by atoms with E-state index in [1.165, 1.54) is 5.56 Å². The maximum absolute atomic E-state index is 5.78. The summed E-state index contributed by atoms with van der Waals surface area (Å²) in [7, 11) is 0. The van der Waals surface area contributed by atoms with E-state index in [1.54, 1.807) is 0 Å². The first-order chi connectivity index (χ1) is 9.83. The smallest absolute Gasteiger partial charge is 0.222 e. The highest BCUT2D eigenvalue weighted by atomic mass is 16.5. The Morgan fingerprint density at radius 1 is 1.30 bits per heavy atom. The number of anilines is 2. The third kappa shape index (κ3) is 3.17. The van der Waals surface area contributed by atoms with Crippen molar-refractivity contribution in [3.63, 3.8) is 0 Å². The Balaban J connectivity index is 1.60. The minimum atomic E-state index is 0.348. The Labute approximate surface area is 118 Å². The van der Waals surface area contributed by atoms with Crippen LogP contribution in [0.25, 0.3) is 0 Å². The molecule has 0 unspecified atom stereocenters. The van der Waals surface area contributed by atoms with Crippen LogP contribution in [0.15, 0.2) is 0 Å². The number of fused-ring (bicyclic) bond motifs is 1. The van der Waals surface area contributed by atoms with Crippen molar-refractivity contribution in [2.24, 2.45) is 0 Å². The maximum atomic E-state index is 5.78. The fraction of sp³-hybridized carbons (Fsp3) is 0.692. The molecule has 110 valence electrons. The largest absolute Gasteiger partial charge is 0.379 e. The Kier molecular flexibility index (Phi) is 4.29. The average molecular weight is 278 g/mol. The molecular formula is C13H22N6O. The van der Waals surface area contributed by atoms with Gasteiger partial charge >= 0.3 is 0 Å². The monoisotopic (exact) mass is 278 g/mol. The molecule has 0 saturated carbocycles. The van der Waals surface area contributed by atoms with Crippen LogP contribution in [-0.4, -0.2) is 60.8 Å². The predicted octanol–water partition coefficient (Wildman–Crippen LogP) is -0.551. The third-order valence-electron chi connectivity index (χ3n) is 3.78. The summed E-state index contributed by atoms with van der Waals surface area (Å²) in [5.74, 6) is 1.25. The first kappa shape index (κ1) is 13.5. The fourth-order valence-electron chi connectivity index (χ4n) is 2.68. The van der Waals surface area contributed by atoms with Gasteiger partial charge in [0.25, 0.3) is 0 Å². The minimum Gasteiger partial charge on any atom is -0.379 e. The summed E-state index contributed by atoms with van der Waals surface area (Å²) in [5, 5.41) is 6.73. The van der Waals surface area contributed by atoms with Crippen LogP contribution < -0.4 is 16.4 Å². The molecule has 1 aromatic rings. The molecule has 2 aliphatic heterocycles. The first-order valence-electron chi connectivity index (χ1n) is 7.23. The highest BCUT2D eigenvalue weighted by Gasteiger charge is 2.17. The number of nitrogens with one attached hydrogen (secondary N) is 2. The number of nitrogen functional groups attached to an aromatic ring is 1. The summed E-state index contributed by atoms with van der Waals surface area (Å²) in [6, 6.07) is 0. The molecule has 0 spiro atoms. The average Bonchev–Trinajstić information content (AvgIpc) is 2.48. The number of nitrogens with zero attached hydrogens (tertiary/aromatic N) is 3. The van der Waals surface area contributed by atoms with Crippen molar-refractivity contribution in [3.8, 4) is 0 Å². The second-order valence-corrected chi connectivity index (χ2v) is 5.16. The number of hydrogen-bond donors (Lipinski definition) is 3. The van der Waals surface area contributed by atoms with Gasteiger partial charge in [-0.05, 0) is 13.0 Å². The fourth-order valence-corrected chi connectivity index (χ4v) is 2.68. The molecule has 7 nitrogen and oxygen atoms in total. The molecule has 4 N–H and O–H groups in total. The van der Waals surface area contributed by atoms with Gasteiger partial charge in [-0.3, -0.25) is 4.90 Å². The van der Waals surface area contributed by atoms with Crippen molar-refractivity contribution in [3.05, 3.63) is 11.3 Å². The lowest BCUT2D eigenvalue weighted by atomic mass is 10.1. The summed E-state index contributed by atoms with van der Waals surface area (Å²) in [5.41, 5.74) is 8.01. The Hall–Kier alpha value is -1.44. The van der Waals surface area contributed by atoms with E-state index in [-0.39, 0.29) is 0 Å². The van der Waals surface area contributed by atoms with E-state index in [9.17, 15) is 0 Å². The van der Waals surface area contributed by atoms with E-state index in [4.69, 9.17) is 10.5 Å². The summed E-state index contributed by atoms with van der Waals surface area (Å²) < 4.78 is 5.35. The second kappa shape index (κ2) is 6.34. The van der Waals surface area contributed by atoms with E-state index in [0.29, 0.717) is 5.95 Å². The highest BCUT2D eigenvalue weighted by Crippen LogP contribution is 2.20. The summed E-state index contributed by atoms with van der Waals surface area (Å²) >= 11 is 0. The van der Waals surface area contributed by atoms with Crippen molar-refractivity contribution in [2.45, 2.75) is 13.0 Å². The molecule has 0 atom stereocenters. The second-order valence-electron chi connectivity index (χ2n) is 5.16. The third-order valence-corrected chi connectivity index (χ3v) is 3.78. The topological polar surface area (TPSA) is 88.3 Å². The van der Waals surface area contributed by atoms with Crippen molar-refractivity contribution < 1.29 is 4.74 Å². The van der Waals surface area contributed by atoms with E-state index >= 15 is 0 Å². The molecule has 2 aliphatic rings. The quantitative estimate of drug-likeness (QED) is 0.681. The van der Waals surface area contributed by atoms with Gasteiger partial charge in [-0.25, -0.2) is 4.98 Å². The van der Waals surface area contributed by atoms with E-state index < -0.39 is 0 Å². The summed E-state index contributed by atoms with van der Waals surface area (Å²) in [4.78, 5) is 11.1. The molecule has 20 heavy (non-hydrogen) atoms. The van der Waals surface area contributed by atoms with Crippen LogP contribution in [0.1, 0.15) is 11.3 Å². The molecule has 0 aliphatic carbocycles. The molecular weight excluding hydrogens is 256 g/mol. The van der Waals surface area contributed by atoms with Gasteiger partial charge in [0.1, 0.15) is 5.82 Å². The molecule has 3 rings (SSSR count). The van der Waals surface area contributed by atoms with Crippen LogP contribution >= 0.6 is 0 Å². The van der Waals surface area contributed by atoms with E-state index in [0.717, 1.165) is 70.4 Å².